The first-order valence-corrected chi connectivity index (χ1v) is 10.7. The zero-order valence-corrected chi connectivity index (χ0v) is 19.3. The van der Waals surface area contributed by atoms with Crippen LogP contribution in [0.1, 0.15) is 38.3 Å². The maximum atomic E-state index is 13.3. The van der Waals surface area contributed by atoms with E-state index in [0.29, 0.717) is 27.8 Å². The molecular formula is C23H28Cl2N2O3. The monoisotopic (exact) mass is 450 g/mol. The maximum absolute atomic E-state index is 13.3. The first kappa shape index (κ1) is 24.0. The van der Waals surface area contributed by atoms with Gasteiger partial charge in [0, 0.05) is 22.6 Å². The topological polar surface area (TPSA) is 58.6 Å². The van der Waals surface area contributed by atoms with Crippen molar-refractivity contribution in [2.24, 2.45) is 0 Å². The van der Waals surface area contributed by atoms with E-state index < -0.39 is 6.04 Å². The highest BCUT2D eigenvalue weighted by Crippen LogP contribution is 2.23. The van der Waals surface area contributed by atoms with E-state index in [2.05, 4.69) is 5.32 Å². The van der Waals surface area contributed by atoms with Crippen LogP contribution >= 0.6 is 23.2 Å². The van der Waals surface area contributed by atoms with Gasteiger partial charge in [0.2, 0.25) is 11.8 Å². The average Bonchev–Trinajstić information content (AvgIpc) is 2.69. The summed E-state index contributed by atoms with van der Waals surface area (Å²) in [5.41, 5.74) is 1.54. The third-order valence-corrected chi connectivity index (χ3v) is 5.25. The van der Waals surface area contributed by atoms with Gasteiger partial charge in [-0.3, -0.25) is 9.59 Å². The Morgan fingerprint density at radius 3 is 2.47 bits per heavy atom. The quantitative estimate of drug-likeness (QED) is 0.592. The number of nitrogens with zero attached hydrogens (tertiary/aromatic N) is 1. The van der Waals surface area contributed by atoms with E-state index in [1.807, 2.05) is 45.0 Å². The molecule has 30 heavy (non-hydrogen) atoms. The van der Waals surface area contributed by atoms with Gasteiger partial charge in [-0.25, -0.2) is 0 Å². The third kappa shape index (κ3) is 6.64. The van der Waals surface area contributed by atoms with Gasteiger partial charge < -0.3 is 15.0 Å². The number of carbonyl (C=O) groups excluding carboxylic acids is 2. The minimum absolute atomic E-state index is 0.0222. The number of ether oxygens (including phenoxy) is 1. The van der Waals surface area contributed by atoms with E-state index in [0.717, 1.165) is 5.56 Å². The lowest BCUT2D eigenvalue weighted by Gasteiger charge is -2.31. The smallest absolute Gasteiger partial charge is 0.243 e. The number of methoxy groups -OCH3 is 1. The van der Waals surface area contributed by atoms with Gasteiger partial charge >= 0.3 is 0 Å². The van der Waals surface area contributed by atoms with E-state index in [1.165, 1.54) is 0 Å². The fourth-order valence-corrected chi connectivity index (χ4v) is 3.67. The summed E-state index contributed by atoms with van der Waals surface area (Å²) in [4.78, 5) is 27.8. The molecule has 0 aliphatic rings. The SMILES string of the molecule is CC[C@@H](C(=O)NC(C)C)N(Cc1cccc(OC)c1)C(=O)Cc1ccc(Cl)cc1Cl. The zero-order valence-electron chi connectivity index (χ0n) is 17.7. The van der Waals surface area contributed by atoms with E-state index >= 15 is 0 Å². The van der Waals surface area contributed by atoms with Gasteiger partial charge in [0.25, 0.3) is 0 Å². The Morgan fingerprint density at radius 1 is 1.13 bits per heavy atom. The number of carbonyl (C=O) groups is 2. The molecule has 0 spiro atoms. The van der Waals surface area contributed by atoms with Crippen LogP contribution < -0.4 is 10.1 Å². The zero-order chi connectivity index (χ0) is 22.3. The Hall–Kier alpha value is -2.24. The Labute approximate surface area is 188 Å². The van der Waals surface area contributed by atoms with Gasteiger partial charge in [0.1, 0.15) is 11.8 Å². The van der Waals surface area contributed by atoms with Gasteiger partial charge in [0.05, 0.1) is 13.5 Å². The number of amides is 2. The maximum Gasteiger partial charge on any atom is 0.243 e. The molecule has 7 heteroatoms. The van der Waals surface area contributed by atoms with E-state index in [9.17, 15) is 9.59 Å². The highest BCUT2D eigenvalue weighted by atomic mass is 35.5. The number of rotatable bonds is 9. The van der Waals surface area contributed by atoms with Crippen molar-refractivity contribution in [2.75, 3.05) is 7.11 Å². The van der Waals surface area contributed by atoms with Gasteiger partial charge in [0.15, 0.2) is 0 Å². The molecule has 2 amide bonds. The van der Waals surface area contributed by atoms with Crippen molar-refractivity contribution < 1.29 is 14.3 Å². The molecule has 162 valence electrons. The third-order valence-electron chi connectivity index (χ3n) is 4.66. The van der Waals surface area contributed by atoms with Crippen LogP contribution in [0, 0.1) is 0 Å². The molecule has 5 nitrogen and oxygen atoms in total. The van der Waals surface area contributed by atoms with Crippen LogP contribution in [0.3, 0.4) is 0 Å². The van der Waals surface area contributed by atoms with Crippen LogP contribution in [0.4, 0.5) is 0 Å². The number of nitrogens with one attached hydrogen (secondary N) is 1. The summed E-state index contributed by atoms with van der Waals surface area (Å²) >= 11 is 12.2. The molecule has 0 fully saturated rings. The number of hydrogen-bond donors (Lipinski definition) is 1. The normalized spacial score (nSPS) is 11.8. The molecule has 0 aliphatic carbocycles. The van der Waals surface area contributed by atoms with Crippen LogP contribution in [0.25, 0.3) is 0 Å². The predicted molar refractivity (Wildman–Crippen MR) is 121 cm³/mol. The van der Waals surface area contributed by atoms with Gasteiger partial charge in [-0.1, -0.05) is 48.3 Å². The fourth-order valence-electron chi connectivity index (χ4n) is 3.20. The van der Waals surface area contributed by atoms with Crippen LogP contribution in [0.2, 0.25) is 10.0 Å². The molecule has 2 aromatic rings. The van der Waals surface area contributed by atoms with Crippen molar-refractivity contribution in [3.8, 4) is 5.75 Å². The lowest BCUT2D eigenvalue weighted by molar-refractivity contribution is -0.141. The summed E-state index contributed by atoms with van der Waals surface area (Å²) in [5.74, 6) is 0.332. The molecule has 0 bridgehead atoms. The standard InChI is InChI=1S/C23H28Cl2N2O3/c1-5-21(23(29)26-15(2)3)27(14-16-7-6-8-19(11-16)30-4)22(28)12-17-9-10-18(24)13-20(17)25/h6-11,13,15,21H,5,12,14H2,1-4H3,(H,26,29)/t21-/m0/s1. The summed E-state index contributed by atoms with van der Waals surface area (Å²) < 4.78 is 5.29. The molecule has 0 saturated heterocycles. The van der Waals surface area contributed by atoms with Crippen molar-refractivity contribution in [3.05, 3.63) is 63.6 Å². The first-order valence-electron chi connectivity index (χ1n) is 9.91. The average molecular weight is 451 g/mol. The Balaban J connectivity index is 2.34. The molecule has 0 radical (unpaired) electrons. The van der Waals surface area contributed by atoms with Crippen LogP contribution in [0.15, 0.2) is 42.5 Å². The Bertz CT molecular complexity index is 887. The molecule has 0 aliphatic heterocycles. The summed E-state index contributed by atoms with van der Waals surface area (Å²) in [6.45, 7) is 5.97. The lowest BCUT2D eigenvalue weighted by Crippen LogP contribution is -2.50. The molecule has 2 aromatic carbocycles. The lowest BCUT2D eigenvalue weighted by atomic mass is 10.1. The minimum Gasteiger partial charge on any atom is -0.497 e. The van der Waals surface area contributed by atoms with Crippen LogP contribution in [0.5, 0.6) is 5.75 Å². The largest absolute Gasteiger partial charge is 0.497 e. The molecule has 2 rings (SSSR count). The summed E-state index contributed by atoms with van der Waals surface area (Å²) in [6.07, 6.45) is 0.564. The first-order chi connectivity index (χ1) is 14.2. The van der Waals surface area contributed by atoms with Crippen molar-refractivity contribution in [1.29, 1.82) is 0 Å². The van der Waals surface area contributed by atoms with Crippen molar-refractivity contribution in [3.63, 3.8) is 0 Å². The predicted octanol–water partition coefficient (Wildman–Crippen LogP) is 4.88. The molecular weight excluding hydrogens is 423 g/mol. The van der Waals surface area contributed by atoms with Crippen LogP contribution in [-0.4, -0.2) is 35.9 Å². The summed E-state index contributed by atoms with van der Waals surface area (Å²) in [7, 11) is 1.59. The number of hydrogen-bond acceptors (Lipinski definition) is 3. The van der Waals surface area contributed by atoms with Gasteiger partial charge in [-0.15, -0.1) is 0 Å². The van der Waals surface area contributed by atoms with Crippen LogP contribution in [-0.2, 0) is 22.6 Å². The molecule has 0 aromatic heterocycles. The number of halogens is 2. The van der Waals surface area contributed by atoms with E-state index in [1.54, 1.807) is 30.2 Å². The second kappa shape index (κ2) is 11.2. The molecule has 1 atom stereocenters. The second-order valence-corrected chi connectivity index (χ2v) is 8.22. The van der Waals surface area contributed by atoms with E-state index in [4.69, 9.17) is 27.9 Å². The fraction of sp³-hybridized carbons (Fsp3) is 0.391. The highest BCUT2D eigenvalue weighted by molar-refractivity contribution is 6.35. The second-order valence-electron chi connectivity index (χ2n) is 7.37. The highest BCUT2D eigenvalue weighted by Gasteiger charge is 2.29. The minimum atomic E-state index is -0.600. The van der Waals surface area contributed by atoms with Crippen molar-refractivity contribution in [1.82, 2.24) is 10.2 Å². The van der Waals surface area contributed by atoms with Crippen molar-refractivity contribution in [2.45, 2.75) is 52.2 Å². The Kier molecular flexibility index (Phi) is 9.00. The van der Waals surface area contributed by atoms with Gasteiger partial charge in [-0.2, -0.15) is 0 Å². The summed E-state index contributed by atoms with van der Waals surface area (Å²) in [6, 6.07) is 11.9. The van der Waals surface area contributed by atoms with Crippen molar-refractivity contribution >= 4 is 35.0 Å². The van der Waals surface area contributed by atoms with Gasteiger partial charge in [-0.05, 0) is 55.7 Å². The number of benzene rings is 2. The molecule has 1 N–H and O–H groups in total. The van der Waals surface area contributed by atoms with E-state index in [-0.39, 0.29) is 30.8 Å². The molecule has 0 heterocycles. The summed E-state index contributed by atoms with van der Waals surface area (Å²) in [5, 5.41) is 3.85. The molecule has 0 saturated carbocycles. The Morgan fingerprint density at radius 2 is 1.87 bits per heavy atom. The molecule has 0 unspecified atom stereocenters.